The fourth-order valence-corrected chi connectivity index (χ4v) is 4.38. The van der Waals surface area contributed by atoms with E-state index in [-0.39, 0.29) is 24.7 Å². The predicted molar refractivity (Wildman–Crippen MR) is 100 cm³/mol. The van der Waals surface area contributed by atoms with Crippen molar-refractivity contribution in [3.63, 3.8) is 0 Å². The van der Waals surface area contributed by atoms with Crippen LogP contribution in [0.2, 0.25) is 0 Å². The topological polar surface area (TPSA) is 99.2 Å². The smallest absolute Gasteiger partial charge is 0.516 e. The van der Waals surface area contributed by atoms with Crippen LogP contribution in [0.5, 0.6) is 0 Å². The van der Waals surface area contributed by atoms with Gasteiger partial charge in [0.25, 0.3) is 0 Å². The van der Waals surface area contributed by atoms with Crippen molar-refractivity contribution in [1.29, 1.82) is 0 Å². The van der Waals surface area contributed by atoms with Crippen LogP contribution in [0, 0.1) is 5.92 Å². The van der Waals surface area contributed by atoms with Crippen molar-refractivity contribution in [3.8, 4) is 0 Å². The first-order chi connectivity index (χ1) is 13.1. The predicted octanol–water partition coefficient (Wildman–Crippen LogP) is 2.71. The molecule has 1 aromatic rings. The molecule has 150 valence electrons. The van der Waals surface area contributed by atoms with Gasteiger partial charge in [-0.3, -0.25) is 4.79 Å². The second-order valence-electron chi connectivity index (χ2n) is 8.07. The zero-order valence-corrected chi connectivity index (χ0v) is 16.1. The molecule has 0 bridgehead atoms. The lowest BCUT2D eigenvalue weighted by Crippen LogP contribution is -2.29. The van der Waals surface area contributed by atoms with Gasteiger partial charge in [-0.15, -0.1) is 0 Å². The van der Waals surface area contributed by atoms with Gasteiger partial charge in [0.05, 0.1) is 12.3 Å². The van der Waals surface area contributed by atoms with Gasteiger partial charge in [-0.1, -0.05) is 50.1 Å². The molecule has 1 saturated carbocycles. The number of amides is 1. The van der Waals surface area contributed by atoms with Crippen molar-refractivity contribution in [2.24, 2.45) is 5.92 Å². The van der Waals surface area contributed by atoms with Gasteiger partial charge in [-0.2, -0.15) is 4.98 Å². The number of aromatic nitrogens is 2. The molecule has 7 nitrogen and oxygen atoms in total. The Labute approximate surface area is 160 Å². The molecule has 2 aliphatic rings. The summed E-state index contributed by atoms with van der Waals surface area (Å²) in [6.45, 7) is 1.61. The molecular weight excluding hydrogens is 346 g/mol. The largest absolute Gasteiger partial charge is 0.565 e. The lowest BCUT2D eigenvalue weighted by atomic mass is 9.84. The Morgan fingerprint density at radius 3 is 2.59 bits per heavy atom. The Morgan fingerprint density at radius 1 is 1.15 bits per heavy atom. The molecule has 2 N–H and O–H groups in total. The Morgan fingerprint density at radius 2 is 1.89 bits per heavy atom. The number of hydrogen-bond donors (Lipinski definition) is 0. The van der Waals surface area contributed by atoms with Gasteiger partial charge in [-0.25, -0.2) is 0 Å². The van der Waals surface area contributed by atoms with Crippen molar-refractivity contribution < 1.29 is 19.2 Å². The normalized spacial score (nSPS) is 19.3. The first-order valence-corrected chi connectivity index (χ1v) is 10.5. The summed E-state index contributed by atoms with van der Waals surface area (Å²) in [6, 6.07) is 0. The van der Waals surface area contributed by atoms with Crippen LogP contribution in [0.15, 0.2) is 4.52 Å². The molecule has 0 spiro atoms. The molecule has 1 aromatic heterocycles. The molecule has 0 radical (unpaired) electrons. The van der Waals surface area contributed by atoms with E-state index in [4.69, 9.17) is 9.63 Å². The molecule has 7 heteroatoms. The Hall–Kier alpha value is -1.92. The minimum absolute atomic E-state index is 0.0327. The van der Waals surface area contributed by atoms with E-state index in [0.29, 0.717) is 11.7 Å². The van der Waals surface area contributed by atoms with Gasteiger partial charge in [0, 0.05) is 17.9 Å². The average molecular weight is 378 g/mol. The van der Waals surface area contributed by atoms with Crippen LogP contribution in [0.4, 0.5) is 0 Å². The maximum Gasteiger partial charge on any atom is 0.516 e. The van der Waals surface area contributed by atoms with E-state index in [1.807, 2.05) is 4.90 Å². The van der Waals surface area contributed by atoms with Crippen LogP contribution in [0.25, 0.3) is 0 Å². The maximum atomic E-state index is 12.2. The summed E-state index contributed by atoms with van der Waals surface area (Å²) in [5.41, 5.74) is 0. The standard InChI is InChI=1S/C20H31N3O4/c24-18(23-11-4-5-12-23)14-17-21-20(27-22-17)16(13-19(25)26)10-6-9-15-7-2-1-3-8-15/h15-16H,1-14H2,(H,25,26)/p+1/t16-/m1/s1. The second kappa shape index (κ2) is 9.85. The zero-order valence-electron chi connectivity index (χ0n) is 16.1. The highest BCUT2D eigenvalue weighted by Gasteiger charge is 2.27. The molecule has 1 aliphatic carbocycles. The van der Waals surface area contributed by atoms with E-state index >= 15 is 0 Å². The van der Waals surface area contributed by atoms with Crippen LogP contribution in [0.1, 0.15) is 88.3 Å². The van der Waals surface area contributed by atoms with Crippen molar-refractivity contribution in [3.05, 3.63) is 11.7 Å². The molecule has 2 heterocycles. The van der Waals surface area contributed by atoms with E-state index < -0.39 is 5.97 Å². The van der Waals surface area contributed by atoms with Crippen LogP contribution in [-0.4, -0.2) is 45.1 Å². The van der Waals surface area contributed by atoms with E-state index in [9.17, 15) is 9.59 Å². The fraction of sp³-hybridized carbons (Fsp3) is 0.800. The Balaban J connectivity index is 1.53. The minimum atomic E-state index is -0.606. The third-order valence-corrected chi connectivity index (χ3v) is 5.92. The maximum absolute atomic E-state index is 12.2. The molecule has 1 amide bonds. The van der Waals surface area contributed by atoms with Gasteiger partial charge in [0.2, 0.25) is 11.8 Å². The molecule has 1 atom stereocenters. The van der Waals surface area contributed by atoms with Gasteiger partial charge in [0.1, 0.15) is 6.42 Å². The quantitative estimate of drug-likeness (QED) is 0.615. The van der Waals surface area contributed by atoms with Crippen molar-refractivity contribution in [2.45, 2.75) is 83.0 Å². The van der Waals surface area contributed by atoms with E-state index in [0.717, 1.165) is 51.1 Å². The third kappa shape index (κ3) is 6.04. The molecule has 2 fully saturated rings. The SMILES string of the molecule is O=C([OH2+])C[C@@H](CCCC1CCCCC1)c1nc(CC(=O)N2CCCC2)no1. The van der Waals surface area contributed by atoms with Crippen LogP contribution >= 0.6 is 0 Å². The number of likely N-dealkylation sites (tertiary alicyclic amines) is 1. The molecule has 1 saturated heterocycles. The lowest BCUT2D eigenvalue weighted by molar-refractivity contribution is -0.137. The first-order valence-electron chi connectivity index (χ1n) is 10.5. The van der Waals surface area contributed by atoms with Crippen LogP contribution < -0.4 is 0 Å². The number of carbonyl (C=O) groups excluding carboxylic acids is 2. The van der Waals surface area contributed by atoms with Crippen molar-refractivity contribution >= 4 is 11.9 Å². The van der Waals surface area contributed by atoms with Crippen molar-refractivity contribution in [2.75, 3.05) is 13.1 Å². The summed E-state index contributed by atoms with van der Waals surface area (Å²) in [6.07, 6.45) is 11.9. The van der Waals surface area contributed by atoms with Gasteiger partial charge in [0.15, 0.2) is 5.82 Å². The summed E-state index contributed by atoms with van der Waals surface area (Å²) in [7, 11) is 0. The second-order valence-corrected chi connectivity index (χ2v) is 8.07. The monoisotopic (exact) mass is 378 g/mol. The van der Waals surface area contributed by atoms with Gasteiger partial charge in [-0.05, 0) is 25.2 Å². The summed E-state index contributed by atoms with van der Waals surface area (Å²) >= 11 is 0. The zero-order chi connectivity index (χ0) is 19.1. The first kappa shape index (κ1) is 19.8. The van der Waals surface area contributed by atoms with Crippen molar-refractivity contribution in [1.82, 2.24) is 15.0 Å². The summed E-state index contributed by atoms with van der Waals surface area (Å²) < 4.78 is 5.37. The molecule has 0 unspecified atom stereocenters. The summed E-state index contributed by atoms with van der Waals surface area (Å²) in [5.74, 6) is 0.806. The van der Waals surface area contributed by atoms with E-state index in [1.54, 1.807) is 0 Å². The fourth-order valence-electron chi connectivity index (χ4n) is 4.38. The third-order valence-electron chi connectivity index (χ3n) is 5.92. The number of carbonyl (C=O) groups is 2. The number of hydrogen-bond acceptors (Lipinski definition) is 5. The summed E-state index contributed by atoms with van der Waals surface area (Å²) in [5, 5.41) is 11.3. The summed E-state index contributed by atoms with van der Waals surface area (Å²) in [4.78, 5) is 29.8. The molecule has 27 heavy (non-hydrogen) atoms. The average Bonchev–Trinajstić information content (AvgIpc) is 3.33. The number of rotatable bonds is 9. The molecule has 0 aromatic carbocycles. The minimum Gasteiger partial charge on any atom is -0.565 e. The van der Waals surface area contributed by atoms with Crippen LogP contribution in [0.3, 0.4) is 0 Å². The highest BCUT2D eigenvalue weighted by molar-refractivity contribution is 5.78. The lowest BCUT2D eigenvalue weighted by Gasteiger charge is -2.21. The molecule has 1 aliphatic heterocycles. The van der Waals surface area contributed by atoms with Gasteiger partial charge < -0.3 is 14.5 Å². The van der Waals surface area contributed by atoms with Crippen LogP contribution in [-0.2, 0) is 16.0 Å². The Kier molecular flexibility index (Phi) is 7.24. The number of nitrogens with zero attached hydrogens (tertiary/aromatic N) is 3. The molecular formula is C20H32N3O4+. The molecule has 3 rings (SSSR count). The van der Waals surface area contributed by atoms with E-state index in [2.05, 4.69) is 10.1 Å². The highest BCUT2D eigenvalue weighted by atomic mass is 16.5. The van der Waals surface area contributed by atoms with Gasteiger partial charge >= 0.3 is 5.97 Å². The van der Waals surface area contributed by atoms with E-state index in [1.165, 1.54) is 32.1 Å². The Bertz CT molecular complexity index is 618. The highest BCUT2D eigenvalue weighted by Crippen LogP contribution is 2.31.